The van der Waals surface area contributed by atoms with Gasteiger partial charge in [0.15, 0.2) is 5.65 Å². The van der Waals surface area contributed by atoms with Gasteiger partial charge in [-0.3, -0.25) is 14.5 Å². The van der Waals surface area contributed by atoms with Crippen molar-refractivity contribution in [2.75, 3.05) is 38.2 Å². The molecule has 0 spiro atoms. The lowest BCUT2D eigenvalue weighted by molar-refractivity contribution is -0.114. The number of carbonyl (C=O) groups is 2. The monoisotopic (exact) mass is 466 g/mol. The number of carbonyl (C=O) groups excluding carboxylic acids is 2. The van der Waals surface area contributed by atoms with E-state index in [2.05, 4.69) is 20.3 Å². The highest BCUT2D eigenvalue weighted by molar-refractivity contribution is 5.89. The molecule has 0 radical (unpaired) electrons. The molecule has 0 aliphatic carbocycles. The van der Waals surface area contributed by atoms with Gasteiger partial charge in [0.05, 0.1) is 25.3 Å². The number of aromatic nitrogens is 3. The molecule has 0 unspecified atom stereocenters. The molecule has 1 fully saturated rings. The SMILES string of the molecule is CC(=O)Nc1nc2ncc(-c3ccc4c(c3)CN(C(=O)N3CCC(CF)CC3)CCO4)cc2[nH]1. The van der Waals surface area contributed by atoms with Crippen LogP contribution in [0.3, 0.4) is 0 Å². The number of H-pyrrole nitrogens is 1. The number of hydrogen-bond donors (Lipinski definition) is 2. The maximum absolute atomic E-state index is 13.1. The number of fused-ring (bicyclic) bond motifs is 2. The number of anilines is 1. The van der Waals surface area contributed by atoms with Crippen LogP contribution in [0, 0.1) is 5.92 Å². The summed E-state index contributed by atoms with van der Waals surface area (Å²) in [6.07, 6.45) is 3.15. The molecule has 1 saturated heterocycles. The molecule has 0 saturated carbocycles. The van der Waals surface area contributed by atoms with E-state index in [1.165, 1.54) is 6.92 Å². The van der Waals surface area contributed by atoms with Gasteiger partial charge < -0.3 is 19.5 Å². The van der Waals surface area contributed by atoms with E-state index >= 15 is 0 Å². The fourth-order valence-corrected chi connectivity index (χ4v) is 4.50. The molecule has 1 aromatic carbocycles. The zero-order valence-electron chi connectivity index (χ0n) is 19.0. The van der Waals surface area contributed by atoms with Gasteiger partial charge in [-0.1, -0.05) is 6.07 Å². The molecule has 4 heterocycles. The Morgan fingerprint density at radius 2 is 2.00 bits per heavy atom. The van der Waals surface area contributed by atoms with E-state index in [1.54, 1.807) is 11.1 Å². The molecule has 9 nitrogen and oxygen atoms in total. The maximum Gasteiger partial charge on any atom is 0.320 e. The van der Waals surface area contributed by atoms with Crippen molar-refractivity contribution in [1.82, 2.24) is 24.8 Å². The van der Waals surface area contributed by atoms with Crippen LogP contribution in [0.4, 0.5) is 15.1 Å². The molecule has 3 aromatic rings. The first-order valence-electron chi connectivity index (χ1n) is 11.5. The third-order valence-corrected chi connectivity index (χ3v) is 6.38. The van der Waals surface area contributed by atoms with Crippen molar-refractivity contribution in [3.63, 3.8) is 0 Å². The van der Waals surface area contributed by atoms with Gasteiger partial charge in [-0.25, -0.2) is 9.78 Å². The lowest BCUT2D eigenvalue weighted by Gasteiger charge is -2.34. The predicted octanol–water partition coefficient (Wildman–Crippen LogP) is 3.58. The van der Waals surface area contributed by atoms with Crippen LogP contribution < -0.4 is 10.1 Å². The second-order valence-corrected chi connectivity index (χ2v) is 8.82. The molecule has 2 aromatic heterocycles. The second-order valence-electron chi connectivity index (χ2n) is 8.82. The van der Waals surface area contributed by atoms with Gasteiger partial charge in [0.1, 0.15) is 12.4 Å². The molecule has 0 atom stereocenters. The molecule has 5 rings (SSSR count). The van der Waals surface area contributed by atoms with E-state index in [0.717, 1.165) is 22.4 Å². The average Bonchev–Trinajstić information content (AvgIpc) is 3.11. The Morgan fingerprint density at radius 3 is 2.76 bits per heavy atom. The van der Waals surface area contributed by atoms with Crippen LogP contribution in [0.1, 0.15) is 25.3 Å². The Kier molecular flexibility index (Phi) is 6.04. The first-order chi connectivity index (χ1) is 16.5. The number of hydrogen-bond acceptors (Lipinski definition) is 5. The number of halogens is 1. The standard InChI is InChI=1S/C24H27FN6O3/c1-15(32)27-23-28-20-11-18(13-26-22(20)29-23)17-2-3-21-19(10-17)14-31(8-9-34-21)24(33)30-6-4-16(12-25)5-7-30/h2-3,10-11,13,16H,4-9,12,14H2,1H3,(H2,26,27,28,29,32). The van der Waals surface area contributed by atoms with Crippen molar-refractivity contribution < 1.29 is 18.7 Å². The number of benzene rings is 1. The van der Waals surface area contributed by atoms with E-state index in [0.29, 0.717) is 62.7 Å². The fraction of sp³-hybridized carbons (Fsp3) is 0.417. The predicted molar refractivity (Wildman–Crippen MR) is 125 cm³/mol. The molecule has 178 valence electrons. The number of nitrogens with zero attached hydrogens (tertiary/aromatic N) is 4. The number of ether oxygens (including phenoxy) is 1. The summed E-state index contributed by atoms with van der Waals surface area (Å²) in [6.45, 7) is 3.65. The van der Waals surface area contributed by atoms with Crippen LogP contribution in [0.25, 0.3) is 22.3 Å². The van der Waals surface area contributed by atoms with Crippen LogP contribution in [-0.4, -0.2) is 69.6 Å². The Hall–Kier alpha value is -3.69. The summed E-state index contributed by atoms with van der Waals surface area (Å²) in [6, 6.07) is 7.81. The Balaban J connectivity index is 1.36. The third-order valence-electron chi connectivity index (χ3n) is 6.38. The minimum atomic E-state index is -0.316. The van der Waals surface area contributed by atoms with Crippen molar-refractivity contribution in [1.29, 1.82) is 0 Å². The first kappa shape index (κ1) is 22.1. The van der Waals surface area contributed by atoms with Gasteiger partial charge in [0.25, 0.3) is 0 Å². The lowest BCUT2D eigenvalue weighted by Crippen LogP contribution is -2.47. The van der Waals surface area contributed by atoms with E-state index in [1.807, 2.05) is 29.2 Å². The summed E-state index contributed by atoms with van der Waals surface area (Å²) in [5.74, 6) is 0.969. The van der Waals surface area contributed by atoms with Crippen molar-refractivity contribution in [2.45, 2.75) is 26.3 Å². The summed E-state index contributed by atoms with van der Waals surface area (Å²) in [4.78, 5) is 39.8. The summed E-state index contributed by atoms with van der Waals surface area (Å²) >= 11 is 0. The van der Waals surface area contributed by atoms with E-state index in [-0.39, 0.29) is 24.5 Å². The molecule has 2 N–H and O–H groups in total. The molecule has 3 amide bonds. The summed E-state index contributed by atoms with van der Waals surface area (Å²) < 4.78 is 18.9. The molecular weight excluding hydrogens is 439 g/mol. The molecule has 0 bridgehead atoms. The highest BCUT2D eigenvalue weighted by atomic mass is 19.1. The van der Waals surface area contributed by atoms with E-state index in [4.69, 9.17) is 4.74 Å². The van der Waals surface area contributed by atoms with Gasteiger partial charge in [0, 0.05) is 37.3 Å². The van der Waals surface area contributed by atoms with Crippen LogP contribution in [0.2, 0.25) is 0 Å². The summed E-state index contributed by atoms with van der Waals surface area (Å²) in [7, 11) is 0. The van der Waals surface area contributed by atoms with E-state index < -0.39 is 0 Å². The van der Waals surface area contributed by atoms with Crippen LogP contribution in [0.5, 0.6) is 5.75 Å². The normalized spacial score (nSPS) is 16.6. The smallest absolute Gasteiger partial charge is 0.320 e. The number of likely N-dealkylation sites (tertiary alicyclic amines) is 1. The minimum absolute atomic E-state index is 0.0230. The number of amides is 3. The largest absolute Gasteiger partial charge is 0.491 e. The van der Waals surface area contributed by atoms with Gasteiger partial charge in [-0.05, 0) is 42.5 Å². The van der Waals surface area contributed by atoms with Crippen molar-refractivity contribution in [3.05, 3.63) is 36.0 Å². The first-order valence-corrected chi connectivity index (χ1v) is 11.5. The zero-order valence-corrected chi connectivity index (χ0v) is 19.0. The van der Waals surface area contributed by atoms with E-state index in [9.17, 15) is 14.0 Å². The Bertz CT molecular complexity index is 1220. The molecule has 2 aliphatic heterocycles. The van der Waals surface area contributed by atoms with Crippen LogP contribution >= 0.6 is 0 Å². The van der Waals surface area contributed by atoms with Gasteiger partial charge in [0.2, 0.25) is 11.9 Å². The topological polar surface area (TPSA) is 103 Å². The summed E-state index contributed by atoms with van der Waals surface area (Å²) in [5, 5.41) is 2.63. The van der Waals surface area contributed by atoms with Gasteiger partial charge >= 0.3 is 6.03 Å². The van der Waals surface area contributed by atoms with Gasteiger partial charge in [-0.2, -0.15) is 4.98 Å². The van der Waals surface area contributed by atoms with Crippen LogP contribution in [-0.2, 0) is 11.3 Å². The number of alkyl halides is 1. The fourth-order valence-electron chi connectivity index (χ4n) is 4.50. The number of imidazole rings is 1. The average molecular weight is 467 g/mol. The third kappa shape index (κ3) is 4.52. The molecule has 10 heteroatoms. The Labute approximate surface area is 196 Å². The number of nitrogens with one attached hydrogen (secondary N) is 2. The molecule has 2 aliphatic rings. The van der Waals surface area contributed by atoms with Crippen molar-refractivity contribution in [3.8, 4) is 16.9 Å². The number of rotatable bonds is 3. The highest BCUT2D eigenvalue weighted by Gasteiger charge is 2.28. The number of piperidine rings is 1. The summed E-state index contributed by atoms with van der Waals surface area (Å²) in [5.41, 5.74) is 3.96. The zero-order chi connectivity index (χ0) is 23.7. The maximum atomic E-state index is 13.1. The molecule has 34 heavy (non-hydrogen) atoms. The van der Waals surface area contributed by atoms with Crippen molar-refractivity contribution >= 4 is 29.1 Å². The Morgan fingerprint density at radius 1 is 1.18 bits per heavy atom. The number of urea groups is 1. The molecular formula is C24H27FN6O3. The highest BCUT2D eigenvalue weighted by Crippen LogP contribution is 2.31. The quantitative estimate of drug-likeness (QED) is 0.614. The second kappa shape index (κ2) is 9.28. The number of pyridine rings is 1. The number of aromatic amines is 1. The minimum Gasteiger partial charge on any atom is -0.491 e. The van der Waals surface area contributed by atoms with Crippen LogP contribution in [0.15, 0.2) is 30.5 Å². The van der Waals surface area contributed by atoms with Crippen molar-refractivity contribution in [2.24, 2.45) is 5.92 Å². The lowest BCUT2D eigenvalue weighted by atomic mass is 9.99. The van der Waals surface area contributed by atoms with Gasteiger partial charge in [-0.15, -0.1) is 0 Å².